The highest BCUT2D eigenvalue weighted by molar-refractivity contribution is 6.00. The molecule has 4 heteroatoms. The summed E-state index contributed by atoms with van der Waals surface area (Å²) in [6.45, 7) is 8.03. The van der Waals surface area contributed by atoms with Gasteiger partial charge in [-0.3, -0.25) is 9.69 Å². The van der Waals surface area contributed by atoms with Crippen LogP contribution in [-0.4, -0.2) is 41.4 Å². The Labute approximate surface area is 120 Å². The third-order valence-electron chi connectivity index (χ3n) is 3.24. The van der Waals surface area contributed by atoms with Crippen LogP contribution in [0.3, 0.4) is 0 Å². The van der Waals surface area contributed by atoms with Gasteiger partial charge in [-0.2, -0.15) is 0 Å². The zero-order valence-corrected chi connectivity index (χ0v) is 12.5. The summed E-state index contributed by atoms with van der Waals surface area (Å²) in [6.07, 6.45) is 2.00. The fourth-order valence-electron chi connectivity index (χ4n) is 2.22. The van der Waals surface area contributed by atoms with Crippen molar-refractivity contribution in [2.45, 2.75) is 33.6 Å². The number of carboxylic acids is 1. The first-order chi connectivity index (χ1) is 9.49. The zero-order chi connectivity index (χ0) is 15.1. The molecule has 1 rings (SSSR count). The molecule has 0 bridgehead atoms. The van der Waals surface area contributed by atoms with Crippen LogP contribution in [0.2, 0.25) is 0 Å². The number of aromatic carboxylic acids is 1. The first kappa shape index (κ1) is 16.4. The number of rotatable bonds is 8. The van der Waals surface area contributed by atoms with Gasteiger partial charge < -0.3 is 5.11 Å². The number of carbonyl (C=O) groups is 2. The van der Waals surface area contributed by atoms with Crippen molar-refractivity contribution in [1.29, 1.82) is 0 Å². The van der Waals surface area contributed by atoms with Gasteiger partial charge >= 0.3 is 5.97 Å². The molecule has 20 heavy (non-hydrogen) atoms. The molecule has 110 valence electrons. The van der Waals surface area contributed by atoms with Crippen molar-refractivity contribution >= 4 is 11.8 Å². The van der Waals surface area contributed by atoms with Gasteiger partial charge in [0.1, 0.15) is 0 Å². The van der Waals surface area contributed by atoms with E-state index in [1.807, 2.05) is 0 Å². The smallest absolute Gasteiger partial charge is 0.335 e. The summed E-state index contributed by atoms with van der Waals surface area (Å²) in [5.41, 5.74) is 1.35. The summed E-state index contributed by atoms with van der Waals surface area (Å²) in [5.74, 6) is -1.01. The lowest BCUT2D eigenvalue weighted by molar-refractivity contribution is 0.0696. The Morgan fingerprint density at radius 3 is 2.25 bits per heavy atom. The highest BCUT2D eigenvalue weighted by atomic mass is 16.4. The zero-order valence-electron chi connectivity index (χ0n) is 12.5. The van der Waals surface area contributed by atoms with Crippen molar-refractivity contribution in [3.8, 4) is 0 Å². The average Bonchev–Trinajstić information content (AvgIpc) is 2.39. The second-order valence-electron chi connectivity index (χ2n) is 5.03. The van der Waals surface area contributed by atoms with Gasteiger partial charge in [0.05, 0.1) is 12.1 Å². The van der Waals surface area contributed by atoms with Gasteiger partial charge in [-0.15, -0.1) is 0 Å². The fraction of sp³-hybridized carbons (Fsp3) is 0.500. The van der Waals surface area contributed by atoms with E-state index < -0.39 is 5.97 Å². The molecule has 0 heterocycles. The molecule has 0 amide bonds. The first-order valence-corrected chi connectivity index (χ1v) is 7.09. The van der Waals surface area contributed by atoms with E-state index in [2.05, 4.69) is 18.7 Å². The Hall–Kier alpha value is -1.68. The van der Waals surface area contributed by atoms with Crippen molar-refractivity contribution in [3.05, 3.63) is 34.9 Å². The van der Waals surface area contributed by atoms with Crippen LogP contribution in [0.1, 0.15) is 53.0 Å². The van der Waals surface area contributed by atoms with Crippen LogP contribution in [0.25, 0.3) is 0 Å². The predicted molar refractivity (Wildman–Crippen MR) is 79.5 cm³/mol. The maximum Gasteiger partial charge on any atom is 0.335 e. The standard InChI is InChI=1S/C16H23NO3/c1-4-8-17(9-5-2)11-15(18)13-7-6-12(3)14(10-13)16(19)20/h6-7,10H,4-5,8-9,11H2,1-3H3,(H,19,20). The number of hydrogen-bond donors (Lipinski definition) is 1. The number of benzene rings is 1. The lowest BCUT2D eigenvalue weighted by atomic mass is 10.0. The van der Waals surface area contributed by atoms with Gasteiger partial charge in [-0.05, 0) is 44.5 Å². The topological polar surface area (TPSA) is 57.6 Å². The first-order valence-electron chi connectivity index (χ1n) is 7.09. The molecular weight excluding hydrogens is 254 g/mol. The molecule has 0 fully saturated rings. The molecule has 0 saturated carbocycles. The van der Waals surface area contributed by atoms with E-state index in [0.717, 1.165) is 25.9 Å². The van der Waals surface area contributed by atoms with Crippen LogP contribution in [0, 0.1) is 6.92 Å². The molecule has 0 spiro atoms. The van der Waals surface area contributed by atoms with Crippen LogP contribution in [0.5, 0.6) is 0 Å². The molecule has 1 N–H and O–H groups in total. The molecule has 0 aromatic heterocycles. The van der Waals surface area contributed by atoms with Gasteiger partial charge in [0.15, 0.2) is 5.78 Å². The average molecular weight is 277 g/mol. The Balaban J connectivity index is 2.86. The molecule has 0 radical (unpaired) electrons. The number of Topliss-reactive ketones (excluding diaryl/α,β-unsaturated/α-hetero) is 1. The molecule has 4 nitrogen and oxygen atoms in total. The second kappa shape index (κ2) is 7.80. The summed E-state index contributed by atoms with van der Waals surface area (Å²) in [5, 5.41) is 9.10. The van der Waals surface area contributed by atoms with E-state index in [1.165, 1.54) is 6.07 Å². The number of ketones is 1. The Bertz CT molecular complexity index is 477. The van der Waals surface area contributed by atoms with Gasteiger partial charge in [0.25, 0.3) is 0 Å². The molecule has 0 aliphatic carbocycles. The minimum atomic E-state index is -0.990. The Morgan fingerprint density at radius 1 is 1.15 bits per heavy atom. The lowest BCUT2D eigenvalue weighted by Gasteiger charge is -2.20. The third-order valence-corrected chi connectivity index (χ3v) is 3.24. The molecule has 0 unspecified atom stereocenters. The van der Waals surface area contributed by atoms with E-state index >= 15 is 0 Å². The maximum atomic E-state index is 12.3. The minimum absolute atomic E-state index is 0.0191. The van der Waals surface area contributed by atoms with Crippen LogP contribution >= 0.6 is 0 Å². The Morgan fingerprint density at radius 2 is 1.75 bits per heavy atom. The van der Waals surface area contributed by atoms with E-state index in [4.69, 9.17) is 5.11 Å². The van der Waals surface area contributed by atoms with E-state index in [1.54, 1.807) is 19.1 Å². The summed E-state index contributed by atoms with van der Waals surface area (Å²) >= 11 is 0. The number of carboxylic acid groups (broad SMARTS) is 1. The van der Waals surface area contributed by atoms with E-state index in [0.29, 0.717) is 17.7 Å². The molecule has 0 atom stereocenters. The van der Waals surface area contributed by atoms with E-state index in [-0.39, 0.29) is 11.3 Å². The van der Waals surface area contributed by atoms with Crippen LogP contribution in [0.4, 0.5) is 0 Å². The predicted octanol–water partition coefficient (Wildman–Crippen LogP) is 3.00. The minimum Gasteiger partial charge on any atom is -0.478 e. The summed E-state index contributed by atoms with van der Waals surface area (Å²) in [6, 6.07) is 4.89. The molecule has 0 aliphatic heterocycles. The highest BCUT2D eigenvalue weighted by Gasteiger charge is 2.14. The number of nitrogens with zero attached hydrogens (tertiary/aromatic N) is 1. The van der Waals surface area contributed by atoms with Gasteiger partial charge in [0.2, 0.25) is 0 Å². The molecular formula is C16H23NO3. The van der Waals surface area contributed by atoms with Crippen molar-refractivity contribution in [3.63, 3.8) is 0 Å². The largest absolute Gasteiger partial charge is 0.478 e. The van der Waals surface area contributed by atoms with Crippen molar-refractivity contribution in [2.24, 2.45) is 0 Å². The highest BCUT2D eigenvalue weighted by Crippen LogP contribution is 2.12. The van der Waals surface area contributed by atoms with Crippen LogP contribution < -0.4 is 0 Å². The Kier molecular flexibility index (Phi) is 6.39. The van der Waals surface area contributed by atoms with Crippen molar-refractivity contribution in [2.75, 3.05) is 19.6 Å². The summed E-state index contributed by atoms with van der Waals surface area (Å²) in [7, 11) is 0. The quantitative estimate of drug-likeness (QED) is 0.742. The van der Waals surface area contributed by atoms with Gasteiger partial charge in [0, 0.05) is 5.56 Å². The van der Waals surface area contributed by atoms with Crippen LogP contribution in [0.15, 0.2) is 18.2 Å². The molecule has 0 saturated heterocycles. The SMILES string of the molecule is CCCN(CCC)CC(=O)c1ccc(C)c(C(=O)O)c1. The van der Waals surface area contributed by atoms with Gasteiger partial charge in [-0.25, -0.2) is 4.79 Å². The molecule has 0 aliphatic rings. The monoisotopic (exact) mass is 277 g/mol. The van der Waals surface area contributed by atoms with E-state index in [9.17, 15) is 9.59 Å². The van der Waals surface area contributed by atoms with Crippen LogP contribution in [-0.2, 0) is 0 Å². The summed E-state index contributed by atoms with van der Waals surface area (Å²) < 4.78 is 0. The van der Waals surface area contributed by atoms with Crippen molar-refractivity contribution < 1.29 is 14.7 Å². The lowest BCUT2D eigenvalue weighted by Crippen LogP contribution is -2.31. The fourth-order valence-corrected chi connectivity index (χ4v) is 2.22. The number of carbonyl (C=O) groups excluding carboxylic acids is 1. The second-order valence-corrected chi connectivity index (χ2v) is 5.03. The molecule has 1 aromatic carbocycles. The maximum absolute atomic E-state index is 12.3. The molecule has 1 aromatic rings. The number of hydrogen-bond acceptors (Lipinski definition) is 3. The summed E-state index contributed by atoms with van der Waals surface area (Å²) in [4.78, 5) is 25.5. The van der Waals surface area contributed by atoms with Crippen molar-refractivity contribution in [1.82, 2.24) is 4.90 Å². The third kappa shape index (κ3) is 4.46. The van der Waals surface area contributed by atoms with Gasteiger partial charge in [-0.1, -0.05) is 26.0 Å². The number of aryl methyl sites for hydroxylation is 1. The normalized spacial score (nSPS) is 10.8.